The molecule has 1 aromatic heterocycles. The van der Waals surface area contributed by atoms with E-state index in [2.05, 4.69) is 10.3 Å². The average Bonchev–Trinajstić information content (AvgIpc) is 2.11. The lowest BCUT2D eigenvalue weighted by atomic mass is 10.3. The Morgan fingerprint density at radius 3 is 2.73 bits per heavy atom. The van der Waals surface area contributed by atoms with Gasteiger partial charge in [0.1, 0.15) is 5.82 Å². The Bertz CT molecular complexity index is 310. The number of anilines is 1. The number of nitrogens with one attached hydrogen (secondary N) is 1. The van der Waals surface area contributed by atoms with Crippen molar-refractivity contribution in [2.75, 3.05) is 11.9 Å². The van der Waals surface area contributed by atoms with Crippen molar-refractivity contribution in [3.05, 3.63) is 23.9 Å². The van der Waals surface area contributed by atoms with Crippen LogP contribution in [0.15, 0.2) is 18.3 Å². The Balaban J connectivity index is 2.26. The van der Waals surface area contributed by atoms with Crippen molar-refractivity contribution >= 4 is 5.82 Å². The molecule has 1 rings (SSSR count). The summed E-state index contributed by atoms with van der Waals surface area (Å²) in [6, 6.07) is 3.63. The monoisotopic (exact) mass is 218 g/mol. The maximum atomic E-state index is 11.8. The van der Waals surface area contributed by atoms with E-state index in [-0.39, 0.29) is 13.0 Å². The van der Waals surface area contributed by atoms with Crippen LogP contribution in [0.4, 0.5) is 19.0 Å². The number of rotatable bonds is 4. The molecule has 0 unspecified atom stereocenters. The molecule has 1 aromatic rings. The summed E-state index contributed by atoms with van der Waals surface area (Å²) in [6.07, 6.45) is -3.13. The second-order valence-electron chi connectivity index (χ2n) is 3.36. The van der Waals surface area contributed by atoms with Gasteiger partial charge in [-0.15, -0.1) is 0 Å². The van der Waals surface area contributed by atoms with E-state index in [9.17, 15) is 13.2 Å². The lowest BCUT2D eigenvalue weighted by molar-refractivity contribution is -0.134. The van der Waals surface area contributed by atoms with Crippen LogP contribution in [0.5, 0.6) is 0 Å². The fourth-order valence-electron chi connectivity index (χ4n) is 1.14. The summed E-state index contributed by atoms with van der Waals surface area (Å²) in [6.45, 7) is 2.19. The number of aryl methyl sites for hydroxylation is 1. The van der Waals surface area contributed by atoms with Crippen molar-refractivity contribution in [2.45, 2.75) is 25.9 Å². The maximum Gasteiger partial charge on any atom is 0.389 e. The van der Waals surface area contributed by atoms with Crippen LogP contribution in [0.3, 0.4) is 0 Å². The number of hydrogen-bond acceptors (Lipinski definition) is 2. The SMILES string of the molecule is Cc1ccnc(NCCCC(F)(F)F)c1. The van der Waals surface area contributed by atoms with E-state index in [1.165, 1.54) is 0 Å². The molecule has 2 nitrogen and oxygen atoms in total. The first-order chi connectivity index (χ1) is 6.97. The van der Waals surface area contributed by atoms with Crippen LogP contribution in [-0.2, 0) is 0 Å². The number of halogens is 3. The van der Waals surface area contributed by atoms with Crippen LogP contribution in [0.2, 0.25) is 0 Å². The molecule has 0 aliphatic rings. The molecule has 1 N–H and O–H groups in total. The van der Waals surface area contributed by atoms with Crippen molar-refractivity contribution in [1.82, 2.24) is 4.98 Å². The third-order valence-corrected chi connectivity index (χ3v) is 1.86. The van der Waals surface area contributed by atoms with Crippen LogP contribution in [0, 0.1) is 6.92 Å². The van der Waals surface area contributed by atoms with Crippen LogP contribution >= 0.6 is 0 Å². The van der Waals surface area contributed by atoms with Crippen molar-refractivity contribution in [3.63, 3.8) is 0 Å². The molecule has 0 saturated heterocycles. The largest absolute Gasteiger partial charge is 0.389 e. The zero-order valence-electron chi connectivity index (χ0n) is 8.43. The zero-order valence-corrected chi connectivity index (χ0v) is 8.43. The minimum atomic E-state index is -4.07. The van der Waals surface area contributed by atoms with Gasteiger partial charge in [-0.3, -0.25) is 0 Å². The fourth-order valence-corrected chi connectivity index (χ4v) is 1.14. The van der Waals surface area contributed by atoms with Crippen LogP contribution in [0.1, 0.15) is 18.4 Å². The Kier molecular flexibility index (Phi) is 3.94. The van der Waals surface area contributed by atoms with E-state index in [0.717, 1.165) is 5.56 Å². The molecule has 5 heteroatoms. The van der Waals surface area contributed by atoms with E-state index in [4.69, 9.17) is 0 Å². The minimum Gasteiger partial charge on any atom is -0.370 e. The molecule has 0 bridgehead atoms. The van der Waals surface area contributed by atoms with Gasteiger partial charge in [-0.2, -0.15) is 13.2 Å². The normalized spacial score (nSPS) is 11.5. The molecule has 0 saturated carbocycles. The highest BCUT2D eigenvalue weighted by Crippen LogP contribution is 2.21. The molecule has 0 aliphatic carbocycles. The molecule has 0 spiro atoms. The van der Waals surface area contributed by atoms with Crippen molar-refractivity contribution < 1.29 is 13.2 Å². The summed E-state index contributed by atoms with van der Waals surface area (Å²) in [4.78, 5) is 3.98. The van der Waals surface area contributed by atoms with Gasteiger partial charge in [-0.1, -0.05) is 0 Å². The van der Waals surface area contributed by atoms with Crippen LogP contribution in [0.25, 0.3) is 0 Å². The van der Waals surface area contributed by atoms with Gasteiger partial charge in [0.15, 0.2) is 0 Å². The lowest BCUT2D eigenvalue weighted by Gasteiger charge is -2.07. The number of aromatic nitrogens is 1. The highest BCUT2D eigenvalue weighted by molar-refractivity contribution is 5.36. The minimum absolute atomic E-state index is 0.0686. The number of alkyl halides is 3. The summed E-state index contributed by atoms with van der Waals surface area (Å²) in [5.74, 6) is 0.622. The van der Waals surface area contributed by atoms with Crippen LogP contribution in [-0.4, -0.2) is 17.7 Å². The van der Waals surface area contributed by atoms with Gasteiger partial charge < -0.3 is 5.32 Å². The van der Waals surface area contributed by atoms with Gasteiger partial charge in [0.2, 0.25) is 0 Å². The molecular formula is C10H13F3N2. The second-order valence-corrected chi connectivity index (χ2v) is 3.36. The zero-order chi connectivity index (χ0) is 11.3. The van der Waals surface area contributed by atoms with Crippen molar-refractivity contribution in [2.24, 2.45) is 0 Å². The van der Waals surface area contributed by atoms with Crippen LogP contribution < -0.4 is 5.32 Å². The second kappa shape index (κ2) is 5.00. The van der Waals surface area contributed by atoms with Gasteiger partial charge >= 0.3 is 6.18 Å². The van der Waals surface area contributed by atoms with Gasteiger partial charge in [-0.05, 0) is 31.0 Å². The topological polar surface area (TPSA) is 24.9 Å². The predicted octanol–water partition coefficient (Wildman–Crippen LogP) is 3.14. The van der Waals surface area contributed by atoms with E-state index in [0.29, 0.717) is 5.82 Å². The summed E-state index contributed by atoms with van der Waals surface area (Å²) in [5.41, 5.74) is 1.03. The summed E-state index contributed by atoms with van der Waals surface area (Å²) in [5, 5.41) is 2.85. The Morgan fingerprint density at radius 1 is 1.40 bits per heavy atom. The van der Waals surface area contributed by atoms with Crippen molar-refractivity contribution in [1.29, 1.82) is 0 Å². The van der Waals surface area contributed by atoms with Gasteiger partial charge in [0.05, 0.1) is 0 Å². The smallest absolute Gasteiger partial charge is 0.370 e. The first-order valence-corrected chi connectivity index (χ1v) is 4.71. The predicted molar refractivity (Wildman–Crippen MR) is 52.8 cm³/mol. The lowest BCUT2D eigenvalue weighted by Crippen LogP contribution is -2.11. The highest BCUT2D eigenvalue weighted by atomic mass is 19.4. The first-order valence-electron chi connectivity index (χ1n) is 4.71. The molecule has 15 heavy (non-hydrogen) atoms. The third-order valence-electron chi connectivity index (χ3n) is 1.86. The summed E-state index contributed by atoms with van der Waals surface area (Å²) in [7, 11) is 0. The van der Waals surface area contributed by atoms with Gasteiger partial charge in [0, 0.05) is 19.2 Å². The molecule has 84 valence electrons. The molecule has 1 heterocycles. The third kappa shape index (κ3) is 5.24. The maximum absolute atomic E-state index is 11.8. The number of hydrogen-bond donors (Lipinski definition) is 1. The van der Waals surface area contributed by atoms with E-state index in [1.54, 1.807) is 12.3 Å². The Morgan fingerprint density at radius 2 is 2.13 bits per heavy atom. The van der Waals surface area contributed by atoms with E-state index >= 15 is 0 Å². The molecular weight excluding hydrogens is 205 g/mol. The molecule has 0 aromatic carbocycles. The van der Waals surface area contributed by atoms with E-state index in [1.807, 2.05) is 13.0 Å². The molecule has 0 amide bonds. The molecule has 0 radical (unpaired) electrons. The molecule has 0 aliphatic heterocycles. The fraction of sp³-hybridized carbons (Fsp3) is 0.500. The Hall–Kier alpha value is -1.26. The highest BCUT2D eigenvalue weighted by Gasteiger charge is 2.25. The number of nitrogens with zero attached hydrogens (tertiary/aromatic N) is 1. The molecule has 0 fully saturated rings. The quantitative estimate of drug-likeness (QED) is 0.785. The average molecular weight is 218 g/mol. The van der Waals surface area contributed by atoms with E-state index < -0.39 is 12.6 Å². The molecule has 0 atom stereocenters. The first kappa shape index (κ1) is 11.8. The summed E-state index contributed by atoms with van der Waals surface area (Å²) < 4.78 is 35.4. The van der Waals surface area contributed by atoms with Crippen molar-refractivity contribution in [3.8, 4) is 0 Å². The van der Waals surface area contributed by atoms with Gasteiger partial charge in [0.25, 0.3) is 0 Å². The van der Waals surface area contributed by atoms with Gasteiger partial charge in [-0.25, -0.2) is 4.98 Å². The summed E-state index contributed by atoms with van der Waals surface area (Å²) >= 11 is 0. The number of pyridine rings is 1. The standard InChI is InChI=1S/C10H13F3N2/c1-8-3-6-15-9(7-8)14-5-2-4-10(11,12)13/h3,6-7H,2,4-5H2,1H3,(H,14,15). The Labute approximate surface area is 86.5 Å².